The maximum absolute atomic E-state index is 8.96. The number of hydrogen-bond donors (Lipinski definition) is 1. The summed E-state index contributed by atoms with van der Waals surface area (Å²) in [6, 6.07) is 7.98. The first-order chi connectivity index (χ1) is 7.36. The van der Waals surface area contributed by atoms with Gasteiger partial charge in [0.25, 0.3) is 0 Å². The van der Waals surface area contributed by atoms with Crippen molar-refractivity contribution in [1.29, 1.82) is 0 Å². The fourth-order valence-corrected chi connectivity index (χ4v) is 1.75. The summed E-state index contributed by atoms with van der Waals surface area (Å²) in [5.74, 6) is 0.915. The second-order valence-corrected chi connectivity index (χ2v) is 3.39. The van der Waals surface area contributed by atoms with Gasteiger partial charge in [0.1, 0.15) is 5.82 Å². The molecule has 78 valence electrons. The van der Waals surface area contributed by atoms with Crippen molar-refractivity contribution >= 4 is 11.0 Å². The number of aromatic nitrogens is 2. The number of allylic oxidation sites excluding steroid dienone is 1. The fourth-order valence-electron chi connectivity index (χ4n) is 1.75. The molecule has 0 unspecified atom stereocenters. The van der Waals surface area contributed by atoms with Crippen LogP contribution in [0.5, 0.6) is 0 Å². The molecule has 1 N–H and O–H groups in total. The first kappa shape index (κ1) is 9.93. The normalized spacial score (nSPS) is 10.7. The SMILES string of the molecule is C=CCn1c(CCO)nc2ccccc21. The molecule has 0 spiro atoms. The van der Waals surface area contributed by atoms with Gasteiger partial charge in [-0.25, -0.2) is 4.98 Å². The van der Waals surface area contributed by atoms with Gasteiger partial charge in [-0.15, -0.1) is 6.58 Å². The topological polar surface area (TPSA) is 38.0 Å². The Morgan fingerprint density at radius 1 is 1.40 bits per heavy atom. The van der Waals surface area contributed by atoms with Crippen LogP contribution in [0.2, 0.25) is 0 Å². The highest BCUT2D eigenvalue weighted by atomic mass is 16.3. The van der Waals surface area contributed by atoms with Crippen LogP contribution in [-0.4, -0.2) is 21.3 Å². The molecule has 15 heavy (non-hydrogen) atoms. The highest BCUT2D eigenvalue weighted by molar-refractivity contribution is 5.75. The maximum atomic E-state index is 8.96. The number of benzene rings is 1. The number of aliphatic hydroxyl groups is 1. The van der Waals surface area contributed by atoms with E-state index >= 15 is 0 Å². The first-order valence-corrected chi connectivity index (χ1v) is 5.02. The van der Waals surface area contributed by atoms with Crippen molar-refractivity contribution in [2.45, 2.75) is 13.0 Å². The molecule has 0 aliphatic rings. The van der Waals surface area contributed by atoms with Gasteiger partial charge < -0.3 is 9.67 Å². The highest BCUT2D eigenvalue weighted by Crippen LogP contribution is 2.16. The van der Waals surface area contributed by atoms with Crippen LogP contribution in [-0.2, 0) is 13.0 Å². The summed E-state index contributed by atoms with van der Waals surface area (Å²) in [4.78, 5) is 4.48. The van der Waals surface area contributed by atoms with E-state index < -0.39 is 0 Å². The van der Waals surface area contributed by atoms with E-state index in [9.17, 15) is 0 Å². The zero-order valence-electron chi connectivity index (χ0n) is 8.56. The van der Waals surface area contributed by atoms with E-state index in [1.165, 1.54) is 0 Å². The predicted octanol–water partition coefficient (Wildman–Crippen LogP) is 1.76. The largest absolute Gasteiger partial charge is 0.396 e. The Bertz CT molecular complexity index is 473. The Labute approximate surface area is 88.7 Å². The van der Waals surface area contributed by atoms with Gasteiger partial charge in [0.05, 0.1) is 17.6 Å². The number of imidazole rings is 1. The van der Waals surface area contributed by atoms with E-state index in [4.69, 9.17) is 5.11 Å². The zero-order chi connectivity index (χ0) is 10.7. The van der Waals surface area contributed by atoms with Crippen LogP contribution in [0.3, 0.4) is 0 Å². The molecule has 1 aromatic heterocycles. The minimum absolute atomic E-state index is 0.125. The van der Waals surface area contributed by atoms with Crippen molar-refractivity contribution in [3.8, 4) is 0 Å². The van der Waals surface area contributed by atoms with Crippen LogP contribution in [0.15, 0.2) is 36.9 Å². The summed E-state index contributed by atoms with van der Waals surface area (Å²) in [5.41, 5.74) is 2.07. The molecule has 0 bridgehead atoms. The Morgan fingerprint density at radius 3 is 2.93 bits per heavy atom. The van der Waals surface area contributed by atoms with Gasteiger partial charge in [0.2, 0.25) is 0 Å². The van der Waals surface area contributed by atoms with Crippen molar-refractivity contribution in [1.82, 2.24) is 9.55 Å². The molecule has 0 radical (unpaired) electrons. The van der Waals surface area contributed by atoms with Crippen molar-refractivity contribution in [2.24, 2.45) is 0 Å². The molecule has 0 fully saturated rings. The summed E-state index contributed by atoms with van der Waals surface area (Å²) >= 11 is 0. The lowest BCUT2D eigenvalue weighted by Crippen LogP contribution is -2.04. The number of rotatable bonds is 4. The molecule has 2 aromatic rings. The summed E-state index contributed by atoms with van der Waals surface area (Å²) < 4.78 is 2.08. The molecule has 0 saturated carbocycles. The molecular weight excluding hydrogens is 188 g/mol. The summed E-state index contributed by atoms with van der Waals surface area (Å²) in [6.45, 7) is 4.59. The third-order valence-corrected chi connectivity index (χ3v) is 2.38. The Hall–Kier alpha value is -1.61. The lowest BCUT2D eigenvalue weighted by atomic mass is 10.3. The van der Waals surface area contributed by atoms with Crippen LogP contribution in [0.4, 0.5) is 0 Å². The second-order valence-electron chi connectivity index (χ2n) is 3.39. The third-order valence-electron chi connectivity index (χ3n) is 2.38. The van der Waals surface area contributed by atoms with E-state index in [0.29, 0.717) is 6.42 Å². The van der Waals surface area contributed by atoms with Crippen LogP contribution in [0.25, 0.3) is 11.0 Å². The Morgan fingerprint density at radius 2 is 2.20 bits per heavy atom. The lowest BCUT2D eigenvalue weighted by Gasteiger charge is -2.04. The van der Waals surface area contributed by atoms with Crippen LogP contribution in [0.1, 0.15) is 5.82 Å². The number of aliphatic hydroxyl groups excluding tert-OH is 1. The molecule has 0 saturated heterocycles. The Balaban J connectivity index is 2.57. The number of hydrogen-bond acceptors (Lipinski definition) is 2. The minimum Gasteiger partial charge on any atom is -0.396 e. The standard InChI is InChI=1S/C12H14N2O/c1-2-8-14-11-6-4-3-5-10(11)13-12(14)7-9-15/h2-6,15H,1,7-9H2. The molecular formula is C12H14N2O. The monoisotopic (exact) mass is 202 g/mol. The molecule has 0 amide bonds. The molecule has 0 atom stereocenters. The highest BCUT2D eigenvalue weighted by Gasteiger charge is 2.07. The van der Waals surface area contributed by atoms with Crippen molar-refractivity contribution in [3.05, 3.63) is 42.7 Å². The van der Waals surface area contributed by atoms with Crippen LogP contribution >= 0.6 is 0 Å². The average Bonchev–Trinajstić information content (AvgIpc) is 2.59. The van der Waals surface area contributed by atoms with Crippen LogP contribution < -0.4 is 0 Å². The maximum Gasteiger partial charge on any atom is 0.112 e. The minimum atomic E-state index is 0.125. The van der Waals surface area contributed by atoms with Gasteiger partial charge in [-0.05, 0) is 12.1 Å². The summed E-state index contributed by atoms with van der Waals surface area (Å²) in [5, 5.41) is 8.96. The van der Waals surface area contributed by atoms with E-state index in [-0.39, 0.29) is 6.61 Å². The van der Waals surface area contributed by atoms with Gasteiger partial charge in [0, 0.05) is 13.0 Å². The lowest BCUT2D eigenvalue weighted by molar-refractivity contribution is 0.295. The summed E-state index contributed by atoms with van der Waals surface area (Å²) in [6.07, 6.45) is 2.43. The van der Waals surface area contributed by atoms with Crippen molar-refractivity contribution in [2.75, 3.05) is 6.61 Å². The van der Waals surface area contributed by atoms with Gasteiger partial charge in [-0.2, -0.15) is 0 Å². The molecule has 1 heterocycles. The Kier molecular flexibility index (Phi) is 2.83. The van der Waals surface area contributed by atoms with Gasteiger partial charge in [-0.3, -0.25) is 0 Å². The van der Waals surface area contributed by atoms with Crippen molar-refractivity contribution < 1.29 is 5.11 Å². The van der Waals surface area contributed by atoms with Crippen LogP contribution in [0, 0.1) is 0 Å². The third kappa shape index (κ3) is 1.78. The molecule has 3 nitrogen and oxygen atoms in total. The first-order valence-electron chi connectivity index (χ1n) is 5.02. The second kappa shape index (κ2) is 4.28. The van der Waals surface area contributed by atoms with Gasteiger partial charge >= 0.3 is 0 Å². The molecule has 0 aliphatic carbocycles. The molecule has 2 rings (SSSR count). The number of fused-ring (bicyclic) bond motifs is 1. The molecule has 0 aliphatic heterocycles. The summed E-state index contributed by atoms with van der Waals surface area (Å²) in [7, 11) is 0. The smallest absolute Gasteiger partial charge is 0.112 e. The number of para-hydroxylation sites is 2. The fraction of sp³-hybridized carbons (Fsp3) is 0.250. The quantitative estimate of drug-likeness (QED) is 0.767. The molecule has 3 heteroatoms. The zero-order valence-corrected chi connectivity index (χ0v) is 8.56. The van der Waals surface area contributed by atoms with E-state index in [1.54, 1.807) is 0 Å². The number of nitrogens with zero attached hydrogens (tertiary/aromatic N) is 2. The van der Waals surface area contributed by atoms with E-state index in [1.807, 2.05) is 30.3 Å². The van der Waals surface area contributed by atoms with E-state index in [2.05, 4.69) is 16.1 Å². The van der Waals surface area contributed by atoms with Crippen molar-refractivity contribution in [3.63, 3.8) is 0 Å². The van der Waals surface area contributed by atoms with Gasteiger partial charge in [-0.1, -0.05) is 18.2 Å². The predicted molar refractivity (Wildman–Crippen MR) is 60.7 cm³/mol. The average molecular weight is 202 g/mol. The van der Waals surface area contributed by atoms with E-state index in [0.717, 1.165) is 23.4 Å². The van der Waals surface area contributed by atoms with Gasteiger partial charge in [0.15, 0.2) is 0 Å². The molecule has 1 aromatic carbocycles.